The quantitative estimate of drug-likeness (QED) is 0.670. The molecule has 0 aliphatic carbocycles. The van der Waals surface area contributed by atoms with E-state index in [4.69, 9.17) is 9.29 Å². The van der Waals surface area contributed by atoms with Crippen LogP contribution in [0.4, 0.5) is 5.69 Å². The van der Waals surface area contributed by atoms with Crippen molar-refractivity contribution in [3.05, 3.63) is 18.2 Å². The van der Waals surface area contributed by atoms with E-state index in [-0.39, 0.29) is 23.1 Å². The molecular weight excluding hydrogens is 206 g/mol. The molecule has 0 saturated carbocycles. The summed E-state index contributed by atoms with van der Waals surface area (Å²) < 4.78 is 24.9. The van der Waals surface area contributed by atoms with E-state index >= 15 is 0 Å². The molecule has 1 unspecified atom stereocenters. The summed E-state index contributed by atoms with van der Waals surface area (Å²) in [6.45, 7) is -0.0610. The van der Waals surface area contributed by atoms with Gasteiger partial charge in [0.15, 0.2) is 17.7 Å². The number of carbonyl (C=O) groups is 1. The number of carbonyl (C=O) groups excluding carboxylic acids is 1. The molecule has 0 spiro atoms. The monoisotopic (exact) mass is 213 g/mol. The molecule has 74 valence electrons. The van der Waals surface area contributed by atoms with Crippen LogP contribution in [0.1, 0.15) is 0 Å². The van der Waals surface area contributed by atoms with Crippen LogP contribution in [0.5, 0.6) is 5.75 Å². The molecule has 0 fully saturated rings. The zero-order valence-electron chi connectivity index (χ0n) is 7.02. The van der Waals surface area contributed by atoms with Gasteiger partial charge in [-0.2, -0.15) is 0 Å². The third-order valence-corrected chi connectivity index (χ3v) is 2.52. The Bertz CT molecular complexity index is 418. The molecule has 0 aromatic heterocycles. The van der Waals surface area contributed by atoms with Gasteiger partial charge in [-0.3, -0.25) is 4.79 Å². The van der Waals surface area contributed by atoms with Crippen molar-refractivity contribution in [1.82, 2.24) is 0 Å². The highest BCUT2D eigenvalue weighted by molar-refractivity contribution is 7.79. The van der Waals surface area contributed by atoms with Gasteiger partial charge in [0.1, 0.15) is 11.4 Å². The molecule has 1 atom stereocenters. The second kappa shape index (κ2) is 3.39. The largest absolute Gasteiger partial charge is 0.482 e. The molecule has 0 radical (unpaired) electrons. The Morgan fingerprint density at radius 3 is 3.00 bits per heavy atom. The Labute approximate surface area is 82.4 Å². The van der Waals surface area contributed by atoms with Gasteiger partial charge in [-0.1, -0.05) is 6.07 Å². The van der Waals surface area contributed by atoms with Crippen LogP contribution in [-0.4, -0.2) is 21.3 Å². The van der Waals surface area contributed by atoms with E-state index in [1.54, 1.807) is 12.1 Å². The van der Waals surface area contributed by atoms with Crippen molar-refractivity contribution >= 4 is 22.7 Å². The maximum atomic E-state index is 11.0. The average molecular weight is 213 g/mol. The van der Waals surface area contributed by atoms with E-state index in [2.05, 4.69) is 5.32 Å². The van der Waals surface area contributed by atoms with Crippen LogP contribution in [0.2, 0.25) is 0 Å². The number of hydrogen-bond acceptors (Lipinski definition) is 3. The number of para-hydroxylation sites is 1. The molecule has 6 heteroatoms. The molecule has 1 aliphatic rings. The summed E-state index contributed by atoms with van der Waals surface area (Å²) in [7, 11) is 0. The first-order valence-electron chi connectivity index (χ1n) is 3.85. The van der Waals surface area contributed by atoms with Gasteiger partial charge in [-0.15, -0.1) is 0 Å². The van der Waals surface area contributed by atoms with Crippen LogP contribution in [-0.2, 0) is 15.9 Å². The van der Waals surface area contributed by atoms with Crippen molar-refractivity contribution in [2.75, 3.05) is 11.9 Å². The van der Waals surface area contributed by atoms with E-state index in [9.17, 15) is 9.00 Å². The number of hydrogen-bond donors (Lipinski definition) is 2. The minimum atomic E-state index is -2.13. The smallest absolute Gasteiger partial charge is 0.262 e. The van der Waals surface area contributed by atoms with Crippen molar-refractivity contribution in [3.8, 4) is 5.75 Å². The molecule has 0 saturated heterocycles. The van der Waals surface area contributed by atoms with E-state index in [1.807, 2.05) is 0 Å². The van der Waals surface area contributed by atoms with Crippen LogP contribution >= 0.6 is 0 Å². The molecule has 1 aliphatic heterocycles. The number of anilines is 1. The minimum Gasteiger partial charge on any atom is -0.482 e. The number of fused-ring (bicyclic) bond motifs is 1. The molecule has 0 bridgehead atoms. The van der Waals surface area contributed by atoms with Gasteiger partial charge >= 0.3 is 0 Å². The summed E-state index contributed by atoms with van der Waals surface area (Å²) in [5.41, 5.74) is 0.282. The Hall–Kier alpha value is -1.40. The second-order valence-electron chi connectivity index (χ2n) is 2.72. The van der Waals surface area contributed by atoms with Gasteiger partial charge in [0.05, 0.1) is 4.90 Å². The predicted octanol–water partition coefficient (Wildman–Crippen LogP) is 0.598. The number of ether oxygens (including phenoxy) is 1. The van der Waals surface area contributed by atoms with Gasteiger partial charge in [-0.25, -0.2) is 4.21 Å². The maximum absolute atomic E-state index is 11.0. The molecule has 5 nitrogen and oxygen atoms in total. The lowest BCUT2D eigenvalue weighted by Gasteiger charge is -2.19. The summed E-state index contributed by atoms with van der Waals surface area (Å²) in [5.74, 6) is 0.0971. The van der Waals surface area contributed by atoms with Crippen molar-refractivity contribution < 1.29 is 18.3 Å². The molecule has 2 N–H and O–H groups in total. The fourth-order valence-electron chi connectivity index (χ4n) is 1.22. The molecule has 2 rings (SSSR count). The fraction of sp³-hybridized carbons (Fsp3) is 0.125. The van der Waals surface area contributed by atoms with Gasteiger partial charge in [-0.05, 0) is 12.1 Å². The number of benzene rings is 1. The second-order valence-corrected chi connectivity index (χ2v) is 3.65. The SMILES string of the molecule is O=C1COc2cccc(S(=O)O)c2N1. The van der Waals surface area contributed by atoms with Gasteiger partial charge < -0.3 is 14.6 Å². The minimum absolute atomic E-state index is 0.0610. The standard InChI is InChI=1S/C8H7NO4S/c10-7-4-13-5-2-1-3-6(14(11)12)8(5)9-7/h1-3H,4H2,(H,9,10)(H,11,12). The Morgan fingerprint density at radius 2 is 2.29 bits per heavy atom. The van der Waals surface area contributed by atoms with Crippen LogP contribution in [0.15, 0.2) is 23.1 Å². The van der Waals surface area contributed by atoms with E-state index in [1.165, 1.54) is 6.07 Å². The van der Waals surface area contributed by atoms with Crippen LogP contribution < -0.4 is 10.1 Å². The summed E-state index contributed by atoms with van der Waals surface area (Å²) in [6, 6.07) is 4.69. The summed E-state index contributed by atoms with van der Waals surface area (Å²) in [5, 5.41) is 2.49. The van der Waals surface area contributed by atoms with Crippen LogP contribution in [0.25, 0.3) is 0 Å². The molecule has 14 heavy (non-hydrogen) atoms. The highest BCUT2D eigenvalue weighted by Gasteiger charge is 2.20. The highest BCUT2D eigenvalue weighted by atomic mass is 32.2. The topological polar surface area (TPSA) is 75.6 Å². The van der Waals surface area contributed by atoms with Crippen molar-refractivity contribution in [1.29, 1.82) is 0 Å². The summed E-state index contributed by atoms with van der Waals surface area (Å²) >= 11 is -2.13. The summed E-state index contributed by atoms with van der Waals surface area (Å²) in [4.78, 5) is 11.1. The molecule has 1 aromatic rings. The first-order chi connectivity index (χ1) is 6.68. The van der Waals surface area contributed by atoms with E-state index in [0.29, 0.717) is 5.75 Å². The number of amides is 1. The lowest BCUT2D eigenvalue weighted by molar-refractivity contribution is -0.118. The van der Waals surface area contributed by atoms with E-state index in [0.717, 1.165) is 0 Å². The Morgan fingerprint density at radius 1 is 1.50 bits per heavy atom. The van der Waals surface area contributed by atoms with Gasteiger partial charge in [0.25, 0.3) is 5.91 Å². The molecule has 1 aromatic carbocycles. The normalized spacial score (nSPS) is 16.5. The Balaban J connectivity index is 2.54. The third-order valence-electron chi connectivity index (χ3n) is 1.80. The number of nitrogens with one attached hydrogen (secondary N) is 1. The van der Waals surface area contributed by atoms with Gasteiger partial charge in [0, 0.05) is 0 Å². The zero-order valence-corrected chi connectivity index (χ0v) is 7.84. The van der Waals surface area contributed by atoms with Crippen LogP contribution in [0, 0.1) is 0 Å². The number of rotatable bonds is 1. The lowest BCUT2D eigenvalue weighted by Crippen LogP contribution is -2.26. The Kier molecular flexibility index (Phi) is 2.22. The van der Waals surface area contributed by atoms with Crippen LogP contribution in [0.3, 0.4) is 0 Å². The molecular formula is C8H7NO4S. The van der Waals surface area contributed by atoms with Gasteiger partial charge in [0.2, 0.25) is 0 Å². The molecule has 1 amide bonds. The fourth-order valence-corrected chi connectivity index (χ4v) is 1.74. The first kappa shape index (κ1) is 9.17. The van der Waals surface area contributed by atoms with Crippen molar-refractivity contribution in [3.63, 3.8) is 0 Å². The predicted molar refractivity (Wildman–Crippen MR) is 49.6 cm³/mol. The molecule has 1 heterocycles. The highest BCUT2D eigenvalue weighted by Crippen LogP contribution is 2.32. The van der Waals surface area contributed by atoms with Crippen molar-refractivity contribution in [2.24, 2.45) is 0 Å². The maximum Gasteiger partial charge on any atom is 0.262 e. The van der Waals surface area contributed by atoms with Crippen molar-refractivity contribution in [2.45, 2.75) is 4.90 Å². The van der Waals surface area contributed by atoms with E-state index < -0.39 is 11.1 Å². The third kappa shape index (κ3) is 1.49. The summed E-state index contributed by atoms with van der Waals surface area (Å²) in [6.07, 6.45) is 0. The zero-order chi connectivity index (χ0) is 10.1. The average Bonchev–Trinajstić information content (AvgIpc) is 2.16. The first-order valence-corrected chi connectivity index (χ1v) is 4.95. The lowest BCUT2D eigenvalue weighted by atomic mass is 10.2.